The summed E-state index contributed by atoms with van der Waals surface area (Å²) in [5.41, 5.74) is -7.07. The van der Waals surface area contributed by atoms with Gasteiger partial charge in [-0.1, -0.05) is 81.1 Å². The minimum atomic E-state index is -3.53. The molecular formula is C24H52O4P2S4Zn3. The van der Waals surface area contributed by atoms with E-state index in [1.165, 1.54) is 0 Å². The molecule has 0 radical (unpaired) electrons. The molecule has 0 heterocycles. The van der Waals surface area contributed by atoms with Gasteiger partial charge in [-0.15, -0.1) is 0 Å². The first-order chi connectivity index (χ1) is 15.5. The standard InChI is InChI=1S/2C12H26O2PS2.3Zn/c2*1-11(2)7-5-9-17(15(13,14)16)10-6-8-12(3)4;;;/h2*11-12H,5-10H2,1-4H3;;;/q2*-3;3*+2. The minimum absolute atomic E-state index is 0. The van der Waals surface area contributed by atoms with Gasteiger partial charge in [0.1, 0.15) is 0 Å². The molecule has 0 aromatic rings. The van der Waals surface area contributed by atoms with Gasteiger partial charge in [0.15, 0.2) is 0 Å². The van der Waals surface area contributed by atoms with Crippen LogP contribution >= 0.6 is 11.4 Å². The van der Waals surface area contributed by atoms with Crippen LogP contribution in [0.15, 0.2) is 0 Å². The van der Waals surface area contributed by atoms with Crippen LogP contribution in [0.25, 0.3) is 0 Å². The molecule has 0 aliphatic heterocycles. The summed E-state index contributed by atoms with van der Waals surface area (Å²) >= 11 is 9.35. The van der Waals surface area contributed by atoms with Gasteiger partial charge in [-0.3, -0.25) is 0 Å². The van der Waals surface area contributed by atoms with Gasteiger partial charge < -0.3 is 55.5 Å². The van der Waals surface area contributed by atoms with Crippen LogP contribution in [-0.2, 0) is 103 Å². The molecule has 0 unspecified atom stereocenters. The average Bonchev–Trinajstić information content (AvgIpc) is 2.63. The van der Waals surface area contributed by atoms with Crippen LogP contribution in [0.1, 0.15) is 107 Å². The van der Waals surface area contributed by atoms with Crippen LogP contribution in [0.2, 0.25) is 0 Å². The molecule has 0 saturated heterocycles. The van der Waals surface area contributed by atoms with E-state index in [-0.39, 0.29) is 58.4 Å². The van der Waals surface area contributed by atoms with Gasteiger partial charge in [0.05, 0.1) is 0 Å². The van der Waals surface area contributed by atoms with Crippen molar-refractivity contribution in [2.24, 2.45) is 23.7 Å². The first-order valence-electron chi connectivity index (χ1n) is 12.9. The van der Waals surface area contributed by atoms with Gasteiger partial charge in [0, 0.05) is 0 Å². The Morgan fingerprint density at radius 3 is 0.730 bits per heavy atom. The summed E-state index contributed by atoms with van der Waals surface area (Å²) in [4.78, 5) is 46.2. The molecule has 0 fully saturated rings. The Kier molecular flexibility index (Phi) is 39.3. The van der Waals surface area contributed by atoms with Crippen molar-refractivity contribution in [2.75, 3.05) is 23.0 Å². The molecule has 0 aliphatic carbocycles. The van der Waals surface area contributed by atoms with Crippen molar-refractivity contribution in [2.45, 2.75) is 107 Å². The third-order valence-corrected chi connectivity index (χ3v) is 19.4. The maximum absolute atomic E-state index is 11.5. The molecule has 37 heavy (non-hydrogen) atoms. The van der Waals surface area contributed by atoms with Gasteiger partial charge in [0.25, 0.3) is 0 Å². The van der Waals surface area contributed by atoms with Gasteiger partial charge in [-0.25, -0.2) is 20.1 Å². The van der Waals surface area contributed by atoms with Gasteiger partial charge >= 0.3 is 58.4 Å². The van der Waals surface area contributed by atoms with Crippen molar-refractivity contribution in [3.05, 3.63) is 0 Å². The average molecular weight is 791 g/mol. The molecule has 212 valence electrons. The first kappa shape index (κ1) is 50.6. The van der Waals surface area contributed by atoms with Crippen molar-refractivity contribution < 1.29 is 78.0 Å². The Bertz CT molecular complexity index is 539. The Morgan fingerprint density at radius 2 is 0.622 bits per heavy atom. The predicted octanol–water partition coefficient (Wildman–Crippen LogP) is 4.84. The quantitative estimate of drug-likeness (QED) is 0.126. The van der Waals surface area contributed by atoms with E-state index in [9.17, 15) is 19.6 Å². The van der Waals surface area contributed by atoms with Crippen molar-refractivity contribution in [1.82, 2.24) is 0 Å². The van der Waals surface area contributed by atoms with Crippen LogP contribution in [0.3, 0.4) is 0 Å². The van der Waals surface area contributed by atoms with Gasteiger partial charge in [-0.2, -0.15) is 0 Å². The van der Waals surface area contributed by atoms with Crippen LogP contribution in [0.5, 0.6) is 0 Å². The summed E-state index contributed by atoms with van der Waals surface area (Å²) in [5.74, 6) is 5.70. The zero-order valence-electron chi connectivity index (χ0n) is 25.1. The van der Waals surface area contributed by atoms with Gasteiger partial charge in [0.2, 0.25) is 0 Å². The van der Waals surface area contributed by atoms with Crippen LogP contribution in [-0.4, -0.2) is 23.0 Å². The van der Waals surface area contributed by atoms with Crippen molar-refractivity contribution >= 4 is 56.0 Å². The molecule has 0 saturated carbocycles. The zero-order valence-corrected chi connectivity index (χ0v) is 39.0. The molecule has 0 atom stereocenters. The first-order valence-corrected chi connectivity index (χ1v) is 22.5. The van der Waals surface area contributed by atoms with E-state index in [2.05, 4.69) is 79.9 Å². The van der Waals surface area contributed by atoms with E-state index in [0.717, 1.165) is 74.4 Å². The molecule has 0 bridgehead atoms. The fourth-order valence-electron chi connectivity index (χ4n) is 3.28. The maximum Gasteiger partial charge on any atom is 2.00 e. The Balaban J connectivity index is -0.000000171. The summed E-state index contributed by atoms with van der Waals surface area (Å²) < 4.78 is 0. The van der Waals surface area contributed by atoms with Crippen LogP contribution in [0, 0.1) is 23.7 Å². The van der Waals surface area contributed by atoms with E-state index >= 15 is 0 Å². The Hall–Kier alpha value is 3.97. The molecule has 0 aromatic carbocycles. The number of rotatable bonds is 16. The second kappa shape index (κ2) is 28.7. The van der Waals surface area contributed by atoms with E-state index in [1.807, 2.05) is 0 Å². The molecule has 13 heteroatoms. The molecule has 0 N–H and O–H groups in total. The van der Waals surface area contributed by atoms with E-state index in [1.54, 1.807) is 0 Å². The number of hydrogen-bond donors (Lipinski definition) is 0. The van der Waals surface area contributed by atoms with Crippen molar-refractivity contribution in [1.29, 1.82) is 0 Å². The zero-order chi connectivity index (χ0) is 26.9. The molecule has 4 nitrogen and oxygen atoms in total. The summed E-state index contributed by atoms with van der Waals surface area (Å²) in [5, 5.41) is 0. The van der Waals surface area contributed by atoms with Crippen LogP contribution < -0.4 is 19.6 Å². The second-order valence-corrected chi connectivity index (χ2v) is 26.3. The topological polar surface area (TPSA) is 92.2 Å². The summed E-state index contributed by atoms with van der Waals surface area (Å²) in [6, 6.07) is 0. The Morgan fingerprint density at radius 1 is 0.459 bits per heavy atom. The third kappa shape index (κ3) is 36.1. The summed E-state index contributed by atoms with van der Waals surface area (Å²) in [6.45, 7) is 17.3. The van der Waals surface area contributed by atoms with Gasteiger partial charge in [-0.05, 0) is 72.4 Å². The normalized spacial score (nSPS) is 12.0. The SMILES string of the molecule is CC(C)CCCS(CCCC(C)C)=P([O-])([O-])[S-].CC(C)CCCS(CCCC(C)C)=P([O-])([O-])[S-].[Zn+2].[Zn+2].[Zn+2]. The largest absolute Gasteiger partial charge is 2.00 e. The van der Waals surface area contributed by atoms with Crippen molar-refractivity contribution in [3.8, 4) is 0 Å². The fourth-order valence-corrected chi connectivity index (χ4v) is 13.5. The molecule has 0 amide bonds. The van der Waals surface area contributed by atoms with E-state index < -0.39 is 31.5 Å². The fraction of sp³-hybridized carbons (Fsp3) is 1.00. The van der Waals surface area contributed by atoms with E-state index in [4.69, 9.17) is 0 Å². The third-order valence-electron chi connectivity index (χ3n) is 5.28. The number of hydrogen-bond acceptors (Lipinski definition) is 6. The van der Waals surface area contributed by atoms with Crippen molar-refractivity contribution in [3.63, 3.8) is 0 Å². The molecule has 0 rings (SSSR count). The maximum atomic E-state index is 11.5. The van der Waals surface area contributed by atoms with E-state index in [0.29, 0.717) is 23.7 Å². The smallest absolute Gasteiger partial charge is 0.854 e. The second-order valence-electron chi connectivity index (χ2n) is 10.8. The van der Waals surface area contributed by atoms with Crippen LogP contribution in [0.4, 0.5) is 0 Å². The molecule has 0 aromatic heterocycles. The predicted molar refractivity (Wildman–Crippen MR) is 159 cm³/mol. The molecule has 0 spiro atoms. The summed E-state index contributed by atoms with van der Waals surface area (Å²) in [6.07, 6.45) is 8.37. The monoisotopic (exact) mass is 786 g/mol. The Labute approximate surface area is 284 Å². The minimum Gasteiger partial charge on any atom is -0.854 e. The molecule has 0 aliphatic rings. The summed E-state index contributed by atoms with van der Waals surface area (Å²) in [7, 11) is -1.12. The molecular weight excluding hydrogens is 739 g/mol.